The maximum Gasteiger partial charge on any atom is 0.136 e. The third kappa shape index (κ3) is 2.01. The lowest BCUT2D eigenvalue weighted by molar-refractivity contribution is -0.119. The molecule has 0 unspecified atom stereocenters. The number of anilines is 1. The van der Waals surface area contributed by atoms with E-state index in [2.05, 4.69) is 4.90 Å². The van der Waals surface area contributed by atoms with Gasteiger partial charge in [0.05, 0.1) is 0 Å². The van der Waals surface area contributed by atoms with Crippen LogP contribution in [-0.2, 0) is 4.79 Å². The lowest BCUT2D eigenvalue weighted by Crippen LogP contribution is -2.34. The summed E-state index contributed by atoms with van der Waals surface area (Å²) in [4.78, 5) is 13.2. The molecule has 15 heavy (non-hydrogen) atoms. The fourth-order valence-corrected chi connectivity index (χ4v) is 1.94. The third-order valence-corrected chi connectivity index (χ3v) is 2.90. The van der Waals surface area contributed by atoms with Gasteiger partial charge in [0, 0.05) is 37.2 Å². The normalized spacial score (nSPS) is 16.9. The second-order valence-corrected chi connectivity index (χ2v) is 3.91. The molecule has 0 amide bonds. The maximum absolute atomic E-state index is 13.3. The van der Waals surface area contributed by atoms with Crippen LogP contribution in [0.2, 0.25) is 0 Å². The SMILES string of the molecule is Cc1c(F)cccc1N1CCC(=O)CC1. The van der Waals surface area contributed by atoms with Crippen LogP contribution < -0.4 is 4.90 Å². The predicted molar refractivity (Wildman–Crippen MR) is 57.6 cm³/mol. The molecule has 0 bridgehead atoms. The van der Waals surface area contributed by atoms with E-state index in [1.54, 1.807) is 13.0 Å². The van der Waals surface area contributed by atoms with Gasteiger partial charge in [-0.25, -0.2) is 4.39 Å². The van der Waals surface area contributed by atoms with Gasteiger partial charge >= 0.3 is 0 Å². The average Bonchev–Trinajstić information content (AvgIpc) is 2.24. The quantitative estimate of drug-likeness (QED) is 0.704. The lowest BCUT2D eigenvalue weighted by atomic mass is 10.1. The van der Waals surface area contributed by atoms with E-state index in [0.29, 0.717) is 37.3 Å². The molecular formula is C12H14FNO. The van der Waals surface area contributed by atoms with Crippen molar-refractivity contribution in [1.29, 1.82) is 0 Å². The molecule has 0 saturated carbocycles. The number of benzene rings is 1. The van der Waals surface area contributed by atoms with Crippen LogP contribution in [0.25, 0.3) is 0 Å². The molecule has 0 aliphatic carbocycles. The number of hydrogen-bond acceptors (Lipinski definition) is 2. The van der Waals surface area contributed by atoms with Gasteiger partial charge in [0.1, 0.15) is 11.6 Å². The minimum Gasteiger partial charge on any atom is -0.370 e. The molecule has 80 valence electrons. The Morgan fingerprint density at radius 2 is 1.93 bits per heavy atom. The molecule has 0 spiro atoms. The molecule has 1 fully saturated rings. The largest absolute Gasteiger partial charge is 0.370 e. The van der Waals surface area contributed by atoms with Crippen molar-refractivity contribution in [2.75, 3.05) is 18.0 Å². The van der Waals surface area contributed by atoms with Crippen LogP contribution in [0.15, 0.2) is 18.2 Å². The number of ketones is 1. The number of halogens is 1. The zero-order valence-corrected chi connectivity index (χ0v) is 8.79. The molecule has 0 atom stereocenters. The van der Waals surface area contributed by atoms with E-state index < -0.39 is 0 Å². The standard InChI is InChI=1S/C12H14FNO/c1-9-11(13)3-2-4-12(9)14-7-5-10(15)6-8-14/h2-4H,5-8H2,1H3. The van der Waals surface area contributed by atoms with Crippen molar-refractivity contribution >= 4 is 11.5 Å². The van der Waals surface area contributed by atoms with E-state index in [9.17, 15) is 9.18 Å². The molecule has 1 saturated heterocycles. The zero-order valence-electron chi connectivity index (χ0n) is 8.79. The number of Topliss-reactive ketones (excluding diaryl/α,β-unsaturated/α-hetero) is 1. The third-order valence-electron chi connectivity index (χ3n) is 2.90. The monoisotopic (exact) mass is 207 g/mol. The van der Waals surface area contributed by atoms with Crippen molar-refractivity contribution in [3.05, 3.63) is 29.6 Å². The predicted octanol–water partition coefficient (Wildman–Crippen LogP) is 2.30. The summed E-state index contributed by atoms with van der Waals surface area (Å²) < 4.78 is 13.3. The van der Waals surface area contributed by atoms with Crippen molar-refractivity contribution in [1.82, 2.24) is 0 Å². The first-order valence-electron chi connectivity index (χ1n) is 5.20. The molecule has 1 aliphatic heterocycles. The minimum absolute atomic E-state index is 0.176. The van der Waals surface area contributed by atoms with Crippen molar-refractivity contribution < 1.29 is 9.18 Å². The van der Waals surface area contributed by atoms with Crippen LogP contribution in [0.3, 0.4) is 0 Å². The van der Waals surface area contributed by atoms with Crippen molar-refractivity contribution in [3.63, 3.8) is 0 Å². The molecule has 1 aromatic rings. The molecule has 2 nitrogen and oxygen atoms in total. The summed E-state index contributed by atoms with van der Waals surface area (Å²) >= 11 is 0. The Morgan fingerprint density at radius 1 is 1.27 bits per heavy atom. The summed E-state index contributed by atoms with van der Waals surface area (Å²) in [6.07, 6.45) is 1.16. The molecule has 1 heterocycles. The van der Waals surface area contributed by atoms with Crippen molar-refractivity contribution in [2.45, 2.75) is 19.8 Å². The van der Waals surface area contributed by atoms with Gasteiger partial charge < -0.3 is 4.90 Å². The Kier molecular flexibility index (Phi) is 2.71. The van der Waals surface area contributed by atoms with Gasteiger partial charge in [0.2, 0.25) is 0 Å². The summed E-state index contributed by atoms with van der Waals surface area (Å²) in [6.45, 7) is 3.20. The number of carbonyl (C=O) groups is 1. The lowest BCUT2D eigenvalue weighted by Gasteiger charge is -2.29. The van der Waals surface area contributed by atoms with Gasteiger partial charge in [-0.1, -0.05) is 6.07 Å². The van der Waals surface area contributed by atoms with E-state index in [4.69, 9.17) is 0 Å². The summed E-state index contributed by atoms with van der Waals surface area (Å²) in [6, 6.07) is 5.09. The van der Waals surface area contributed by atoms with Gasteiger partial charge in [-0.3, -0.25) is 4.79 Å². The zero-order chi connectivity index (χ0) is 10.8. The van der Waals surface area contributed by atoms with Gasteiger partial charge in [-0.05, 0) is 19.1 Å². The van der Waals surface area contributed by atoms with Crippen molar-refractivity contribution in [3.8, 4) is 0 Å². The highest BCUT2D eigenvalue weighted by molar-refractivity contribution is 5.81. The highest BCUT2D eigenvalue weighted by Gasteiger charge is 2.18. The van der Waals surface area contributed by atoms with Gasteiger partial charge in [0.15, 0.2) is 0 Å². The first-order valence-corrected chi connectivity index (χ1v) is 5.20. The fraction of sp³-hybridized carbons (Fsp3) is 0.417. The molecule has 3 heteroatoms. The summed E-state index contributed by atoms with van der Waals surface area (Å²) in [7, 11) is 0. The van der Waals surface area contributed by atoms with E-state index in [-0.39, 0.29) is 5.82 Å². The first-order chi connectivity index (χ1) is 7.18. The fourth-order valence-electron chi connectivity index (χ4n) is 1.94. The molecule has 1 aliphatic rings. The summed E-state index contributed by atoms with van der Waals surface area (Å²) in [5, 5.41) is 0. The van der Waals surface area contributed by atoms with Crippen molar-refractivity contribution in [2.24, 2.45) is 0 Å². The van der Waals surface area contributed by atoms with E-state index in [1.165, 1.54) is 6.07 Å². The molecular weight excluding hydrogens is 193 g/mol. The van der Waals surface area contributed by atoms with Gasteiger partial charge in [-0.2, -0.15) is 0 Å². The van der Waals surface area contributed by atoms with Crippen LogP contribution in [0.5, 0.6) is 0 Å². The number of rotatable bonds is 1. The molecule has 1 aromatic carbocycles. The summed E-state index contributed by atoms with van der Waals surface area (Å²) in [5.74, 6) is 0.129. The highest BCUT2D eigenvalue weighted by atomic mass is 19.1. The summed E-state index contributed by atoms with van der Waals surface area (Å²) in [5.41, 5.74) is 1.59. The Morgan fingerprint density at radius 3 is 2.60 bits per heavy atom. The highest BCUT2D eigenvalue weighted by Crippen LogP contribution is 2.24. The Bertz CT molecular complexity index is 379. The van der Waals surface area contributed by atoms with Gasteiger partial charge in [-0.15, -0.1) is 0 Å². The van der Waals surface area contributed by atoms with E-state index >= 15 is 0 Å². The molecule has 0 radical (unpaired) electrons. The minimum atomic E-state index is -0.176. The average molecular weight is 207 g/mol. The van der Waals surface area contributed by atoms with Gasteiger partial charge in [0.25, 0.3) is 0 Å². The molecule has 2 rings (SSSR count). The topological polar surface area (TPSA) is 20.3 Å². The second-order valence-electron chi connectivity index (χ2n) is 3.91. The Labute approximate surface area is 88.7 Å². The first kappa shape index (κ1) is 10.1. The van der Waals surface area contributed by atoms with Crippen LogP contribution in [-0.4, -0.2) is 18.9 Å². The number of hydrogen-bond donors (Lipinski definition) is 0. The Hall–Kier alpha value is -1.38. The van der Waals surface area contributed by atoms with Crippen LogP contribution in [0.4, 0.5) is 10.1 Å². The molecule has 0 aromatic heterocycles. The van der Waals surface area contributed by atoms with E-state index in [0.717, 1.165) is 5.69 Å². The number of piperidine rings is 1. The number of carbonyl (C=O) groups excluding carboxylic acids is 1. The second kappa shape index (κ2) is 4.01. The smallest absolute Gasteiger partial charge is 0.136 e. The van der Waals surface area contributed by atoms with Crippen LogP contribution in [0, 0.1) is 12.7 Å². The van der Waals surface area contributed by atoms with E-state index in [1.807, 2.05) is 6.07 Å². The number of nitrogens with zero attached hydrogens (tertiary/aromatic N) is 1. The van der Waals surface area contributed by atoms with Crippen LogP contribution in [0.1, 0.15) is 18.4 Å². The molecule has 0 N–H and O–H groups in total. The Balaban J connectivity index is 2.22. The van der Waals surface area contributed by atoms with Crippen LogP contribution >= 0.6 is 0 Å². The maximum atomic E-state index is 13.3.